The lowest BCUT2D eigenvalue weighted by Gasteiger charge is -2.35. The SMILES string of the molecule is COCc1cc(C(=O)Nc2ccc(C)cc2OCCCCCC(=O)N2CCC(N(C)C)CC2)ccc1NC(=O)c1cccc(OCCCN)c1. The fourth-order valence-electron chi connectivity index (χ4n) is 5.90. The number of methoxy groups -OCH3 is 1. The Hall–Kier alpha value is -4.45. The normalized spacial score (nSPS) is 13.3. The molecule has 1 fully saturated rings. The molecule has 0 bridgehead atoms. The van der Waals surface area contributed by atoms with Gasteiger partial charge >= 0.3 is 0 Å². The van der Waals surface area contributed by atoms with E-state index in [0.717, 1.165) is 57.2 Å². The Morgan fingerprint density at radius 1 is 0.840 bits per heavy atom. The highest BCUT2D eigenvalue weighted by molar-refractivity contribution is 6.07. The second-order valence-electron chi connectivity index (χ2n) is 13.0. The first-order chi connectivity index (χ1) is 24.2. The summed E-state index contributed by atoms with van der Waals surface area (Å²) >= 11 is 0. The molecule has 1 heterocycles. The summed E-state index contributed by atoms with van der Waals surface area (Å²) in [7, 11) is 5.76. The number of unbranched alkanes of at least 4 members (excludes halogenated alkanes) is 2. The molecule has 270 valence electrons. The smallest absolute Gasteiger partial charge is 0.255 e. The van der Waals surface area contributed by atoms with Crippen LogP contribution in [0.2, 0.25) is 0 Å². The molecule has 1 aliphatic heterocycles. The number of rotatable bonds is 18. The van der Waals surface area contributed by atoms with Gasteiger partial charge in [0.25, 0.3) is 11.8 Å². The van der Waals surface area contributed by atoms with E-state index in [4.69, 9.17) is 19.9 Å². The highest BCUT2D eigenvalue weighted by atomic mass is 16.5. The van der Waals surface area contributed by atoms with Gasteiger partial charge in [-0.2, -0.15) is 0 Å². The number of carbonyl (C=O) groups excluding carboxylic acids is 3. The maximum atomic E-state index is 13.4. The first-order valence-corrected chi connectivity index (χ1v) is 17.5. The third-order valence-corrected chi connectivity index (χ3v) is 8.85. The Labute approximate surface area is 296 Å². The average molecular weight is 688 g/mol. The molecule has 0 spiro atoms. The first-order valence-electron chi connectivity index (χ1n) is 17.5. The number of benzene rings is 3. The second-order valence-corrected chi connectivity index (χ2v) is 13.0. The fourth-order valence-corrected chi connectivity index (χ4v) is 5.90. The third kappa shape index (κ3) is 11.6. The van der Waals surface area contributed by atoms with Crippen molar-refractivity contribution in [1.29, 1.82) is 0 Å². The van der Waals surface area contributed by atoms with Crippen LogP contribution in [0, 0.1) is 6.92 Å². The molecule has 0 aromatic heterocycles. The molecular formula is C39H53N5O6. The Morgan fingerprint density at radius 2 is 1.54 bits per heavy atom. The Bertz CT molecular complexity index is 1570. The van der Waals surface area contributed by atoms with Gasteiger partial charge in [-0.05, 0) is 120 Å². The topological polar surface area (TPSA) is 135 Å². The van der Waals surface area contributed by atoms with Crippen LogP contribution in [0.15, 0.2) is 60.7 Å². The molecular weight excluding hydrogens is 634 g/mol. The second kappa shape index (κ2) is 19.7. The number of ether oxygens (including phenoxy) is 3. The molecule has 0 saturated carbocycles. The van der Waals surface area contributed by atoms with E-state index in [1.165, 1.54) is 0 Å². The van der Waals surface area contributed by atoms with Crippen LogP contribution in [0.25, 0.3) is 0 Å². The van der Waals surface area contributed by atoms with Crippen molar-refractivity contribution in [3.05, 3.63) is 82.9 Å². The summed E-state index contributed by atoms with van der Waals surface area (Å²) in [5.74, 6) is 0.800. The maximum Gasteiger partial charge on any atom is 0.255 e. The molecule has 0 atom stereocenters. The van der Waals surface area contributed by atoms with Crippen molar-refractivity contribution in [2.75, 3.05) is 64.7 Å². The number of anilines is 2. The number of hydrogen-bond acceptors (Lipinski definition) is 8. The number of amides is 3. The van der Waals surface area contributed by atoms with E-state index >= 15 is 0 Å². The number of nitrogens with one attached hydrogen (secondary N) is 2. The molecule has 1 aliphatic rings. The van der Waals surface area contributed by atoms with E-state index in [1.807, 2.05) is 30.0 Å². The summed E-state index contributed by atoms with van der Waals surface area (Å²) < 4.78 is 17.2. The molecule has 11 nitrogen and oxygen atoms in total. The molecule has 1 saturated heterocycles. The third-order valence-electron chi connectivity index (χ3n) is 8.85. The lowest BCUT2D eigenvalue weighted by molar-refractivity contribution is -0.132. The zero-order valence-electron chi connectivity index (χ0n) is 30.0. The van der Waals surface area contributed by atoms with Crippen LogP contribution in [-0.2, 0) is 16.1 Å². The molecule has 0 radical (unpaired) electrons. The monoisotopic (exact) mass is 687 g/mol. The van der Waals surface area contributed by atoms with Crippen LogP contribution in [-0.4, -0.2) is 87.6 Å². The van der Waals surface area contributed by atoms with Gasteiger partial charge in [0, 0.05) is 55.0 Å². The summed E-state index contributed by atoms with van der Waals surface area (Å²) in [6.07, 6.45) is 5.84. The minimum absolute atomic E-state index is 0.193. The predicted octanol–water partition coefficient (Wildman–Crippen LogP) is 5.87. The van der Waals surface area contributed by atoms with Crippen LogP contribution in [0.4, 0.5) is 11.4 Å². The van der Waals surface area contributed by atoms with E-state index in [1.54, 1.807) is 49.6 Å². The van der Waals surface area contributed by atoms with Gasteiger partial charge < -0.3 is 40.4 Å². The van der Waals surface area contributed by atoms with E-state index < -0.39 is 0 Å². The van der Waals surface area contributed by atoms with Gasteiger partial charge in [0.1, 0.15) is 11.5 Å². The lowest BCUT2D eigenvalue weighted by atomic mass is 10.0. The van der Waals surface area contributed by atoms with E-state index in [-0.39, 0.29) is 24.3 Å². The first kappa shape index (κ1) is 38.4. The van der Waals surface area contributed by atoms with Crippen LogP contribution in [0.1, 0.15) is 76.8 Å². The van der Waals surface area contributed by atoms with Crippen molar-refractivity contribution in [2.24, 2.45) is 5.73 Å². The van der Waals surface area contributed by atoms with Gasteiger partial charge in [-0.15, -0.1) is 0 Å². The summed E-state index contributed by atoms with van der Waals surface area (Å²) in [4.78, 5) is 43.4. The number of aryl methyl sites for hydroxylation is 1. The summed E-state index contributed by atoms with van der Waals surface area (Å²) in [6.45, 7) is 5.31. The van der Waals surface area contributed by atoms with Crippen molar-refractivity contribution in [2.45, 2.75) is 64.5 Å². The number of hydrogen-bond donors (Lipinski definition) is 3. The molecule has 50 heavy (non-hydrogen) atoms. The van der Waals surface area contributed by atoms with E-state index in [0.29, 0.717) is 71.8 Å². The molecule has 3 amide bonds. The summed E-state index contributed by atoms with van der Waals surface area (Å²) in [5.41, 5.74) is 9.16. The minimum Gasteiger partial charge on any atom is -0.494 e. The summed E-state index contributed by atoms with van der Waals surface area (Å²) in [5, 5.41) is 5.92. The van der Waals surface area contributed by atoms with Gasteiger partial charge in [-0.1, -0.05) is 12.1 Å². The Morgan fingerprint density at radius 3 is 2.26 bits per heavy atom. The Kier molecular flexibility index (Phi) is 15.1. The highest BCUT2D eigenvalue weighted by Crippen LogP contribution is 2.28. The van der Waals surface area contributed by atoms with Gasteiger partial charge in [0.15, 0.2) is 0 Å². The van der Waals surface area contributed by atoms with Gasteiger partial charge in [-0.25, -0.2) is 0 Å². The van der Waals surface area contributed by atoms with Gasteiger partial charge in [-0.3, -0.25) is 14.4 Å². The van der Waals surface area contributed by atoms with E-state index in [9.17, 15) is 14.4 Å². The number of nitrogens with two attached hydrogens (primary N) is 1. The molecule has 3 aromatic carbocycles. The minimum atomic E-state index is -0.315. The number of likely N-dealkylation sites (tertiary alicyclic amines) is 1. The number of piperidine rings is 1. The molecule has 0 unspecified atom stereocenters. The molecule has 0 aliphatic carbocycles. The quantitative estimate of drug-likeness (QED) is 0.142. The largest absolute Gasteiger partial charge is 0.494 e. The van der Waals surface area contributed by atoms with Crippen molar-refractivity contribution < 1.29 is 28.6 Å². The van der Waals surface area contributed by atoms with Gasteiger partial charge in [0.2, 0.25) is 5.91 Å². The number of nitrogens with zero attached hydrogens (tertiary/aromatic N) is 2. The molecule has 11 heteroatoms. The van der Waals surface area contributed by atoms with Crippen LogP contribution < -0.4 is 25.8 Å². The molecule has 4 rings (SSSR count). The zero-order chi connectivity index (χ0) is 35.9. The summed E-state index contributed by atoms with van der Waals surface area (Å²) in [6, 6.07) is 18.2. The van der Waals surface area contributed by atoms with Crippen LogP contribution in [0.3, 0.4) is 0 Å². The molecule has 3 aromatic rings. The molecule has 4 N–H and O–H groups in total. The standard InChI is InChI=1S/C39H53N5O6/c1-28-13-15-35(36(24-28)50-22-7-5-6-12-37(45)44-20-17-32(18-21-44)43(2)3)42-39(47)30-14-16-34(31(25-30)27-48-4)41-38(46)29-10-8-11-33(26-29)49-23-9-19-40/h8,10-11,13-16,24-26,32H,5-7,9,12,17-23,27,40H2,1-4H3,(H,41,46)(H,42,47). The van der Waals surface area contributed by atoms with Crippen molar-refractivity contribution in [1.82, 2.24) is 9.80 Å². The van der Waals surface area contributed by atoms with Crippen LogP contribution in [0.5, 0.6) is 11.5 Å². The lowest BCUT2D eigenvalue weighted by Crippen LogP contribution is -2.44. The van der Waals surface area contributed by atoms with Crippen LogP contribution >= 0.6 is 0 Å². The van der Waals surface area contributed by atoms with Crippen molar-refractivity contribution in [3.8, 4) is 11.5 Å². The average Bonchev–Trinajstić information content (AvgIpc) is 3.11. The fraction of sp³-hybridized carbons (Fsp3) is 0.462. The highest BCUT2D eigenvalue weighted by Gasteiger charge is 2.23. The Balaban J connectivity index is 1.30. The predicted molar refractivity (Wildman–Crippen MR) is 197 cm³/mol. The zero-order valence-corrected chi connectivity index (χ0v) is 30.0. The van der Waals surface area contributed by atoms with Crippen molar-refractivity contribution in [3.63, 3.8) is 0 Å². The number of carbonyl (C=O) groups is 3. The van der Waals surface area contributed by atoms with Crippen molar-refractivity contribution >= 4 is 29.1 Å². The maximum absolute atomic E-state index is 13.4. The van der Waals surface area contributed by atoms with E-state index in [2.05, 4.69) is 29.6 Å². The van der Waals surface area contributed by atoms with Gasteiger partial charge in [0.05, 0.1) is 25.5 Å².